The zero-order chi connectivity index (χ0) is 21.3. The van der Waals surface area contributed by atoms with Crippen molar-refractivity contribution in [1.29, 1.82) is 5.26 Å². The first-order valence-corrected chi connectivity index (χ1v) is 11.2. The summed E-state index contributed by atoms with van der Waals surface area (Å²) >= 11 is 1.55. The fourth-order valence-electron chi connectivity index (χ4n) is 4.01. The molecule has 2 aliphatic heterocycles. The van der Waals surface area contributed by atoms with E-state index in [0.717, 1.165) is 36.1 Å². The first-order valence-electron chi connectivity index (χ1n) is 10.1. The molecular weight excluding hydrogens is 398 g/mol. The number of amides is 2. The lowest BCUT2D eigenvalue weighted by Gasteiger charge is -2.22. The van der Waals surface area contributed by atoms with Crippen molar-refractivity contribution in [2.45, 2.75) is 26.3 Å². The van der Waals surface area contributed by atoms with Gasteiger partial charge in [-0.3, -0.25) is 14.6 Å². The molecule has 1 N–H and O–H groups in total. The van der Waals surface area contributed by atoms with Crippen molar-refractivity contribution in [3.05, 3.63) is 36.0 Å². The van der Waals surface area contributed by atoms with E-state index in [1.54, 1.807) is 24.0 Å². The standard InChI is InChI=1S/C22H25N5O2S/c1-22(2)6-8-26(13-22)15-3-4-19-18(9-15)17(5-7-24-19)21(29)25-11-20(28)27-14-30-12-16(27)10-23/h3-5,7,9,16H,6,8,11-14H2,1-2H3,(H,25,29). The van der Waals surface area contributed by atoms with Crippen LogP contribution in [0, 0.1) is 16.7 Å². The summed E-state index contributed by atoms with van der Waals surface area (Å²) in [6.07, 6.45) is 2.74. The largest absolute Gasteiger partial charge is 0.371 e. The highest BCUT2D eigenvalue weighted by Gasteiger charge is 2.30. The second-order valence-electron chi connectivity index (χ2n) is 8.59. The van der Waals surface area contributed by atoms with Crippen LogP contribution in [0.25, 0.3) is 10.9 Å². The van der Waals surface area contributed by atoms with Gasteiger partial charge in [0.15, 0.2) is 0 Å². The molecule has 2 saturated heterocycles. The Hall–Kier alpha value is -2.79. The summed E-state index contributed by atoms with van der Waals surface area (Å²) < 4.78 is 0. The highest BCUT2D eigenvalue weighted by Crippen LogP contribution is 2.34. The van der Waals surface area contributed by atoms with Crippen molar-refractivity contribution in [3.63, 3.8) is 0 Å². The number of carbonyl (C=O) groups is 2. The van der Waals surface area contributed by atoms with Gasteiger partial charge in [-0.1, -0.05) is 13.8 Å². The number of fused-ring (bicyclic) bond motifs is 1. The summed E-state index contributed by atoms with van der Waals surface area (Å²) in [5, 5.41) is 12.7. The average molecular weight is 424 g/mol. The van der Waals surface area contributed by atoms with Crippen LogP contribution in [0.4, 0.5) is 5.69 Å². The van der Waals surface area contributed by atoms with Crippen molar-refractivity contribution in [2.24, 2.45) is 5.41 Å². The number of pyridine rings is 1. The van der Waals surface area contributed by atoms with E-state index in [1.807, 2.05) is 12.1 Å². The van der Waals surface area contributed by atoms with Crippen LogP contribution in [0.5, 0.6) is 0 Å². The van der Waals surface area contributed by atoms with Crippen LogP contribution >= 0.6 is 11.8 Å². The Balaban J connectivity index is 1.51. The van der Waals surface area contributed by atoms with Crippen LogP contribution in [-0.4, -0.2) is 59.0 Å². The molecule has 4 rings (SSSR count). The molecule has 1 atom stereocenters. The van der Waals surface area contributed by atoms with E-state index in [4.69, 9.17) is 5.26 Å². The molecule has 1 aromatic heterocycles. The predicted octanol–water partition coefficient (Wildman–Crippen LogP) is 2.63. The van der Waals surface area contributed by atoms with Gasteiger partial charge in [0.1, 0.15) is 6.04 Å². The first-order chi connectivity index (χ1) is 14.4. The van der Waals surface area contributed by atoms with Gasteiger partial charge in [0.2, 0.25) is 5.91 Å². The molecule has 8 heteroatoms. The van der Waals surface area contributed by atoms with E-state index in [0.29, 0.717) is 17.2 Å². The summed E-state index contributed by atoms with van der Waals surface area (Å²) in [5.74, 6) is 0.551. The SMILES string of the molecule is CC1(C)CCN(c2ccc3nccc(C(=O)NCC(=O)N4CSCC4C#N)c3c2)C1. The van der Waals surface area contributed by atoms with Crippen LogP contribution in [-0.2, 0) is 4.79 Å². The molecule has 7 nitrogen and oxygen atoms in total. The Morgan fingerprint density at radius 2 is 2.20 bits per heavy atom. The first kappa shape index (κ1) is 20.5. The predicted molar refractivity (Wildman–Crippen MR) is 118 cm³/mol. The number of aromatic nitrogens is 1. The highest BCUT2D eigenvalue weighted by atomic mass is 32.2. The summed E-state index contributed by atoms with van der Waals surface area (Å²) in [7, 11) is 0. The average Bonchev–Trinajstić information content (AvgIpc) is 3.36. The number of anilines is 1. The molecule has 3 heterocycles. The third kappa shape index (κ3) is 4.08. The minimum atomic E-state index is -0.423. The number of hydrogen-bond acceptors (Lipinski definition) is 6. The van der Waals surface area contributed by atoms with Crippen LogP contribution in [0.3, 0.4) is 0 Å². The van der Waals surface area contributed by atoms with Gasteiger partial charge < -0.3 is 15.1 Å². The highest BCUT2D eigenvalue weighted by molar-refractivity contribution is 7.99. The zero-order valence-electron chi connectivity index (χ0n) is 17.2. The molecule has 2 fully saturated rings. The number of nitrogens with one attached hydrogen (secondary N) is 1. The van der Waals surface area contributed by atoms with E-state index in [-0.39, 0.29) is 23.8 Å². The molecule has 1 aromatic carbocycles. The maximum atomic E-state index is 12.9. The Kier molecular flexibility index (Phi) is 5.56. The lowest BCUT2D eigenvalue weighted by atomic mass is 9.93. The lowest BCUT2D eigenvalue weighted by Crippen LogP contribution is -2.42. The molecule has 30 heavy (non-hydrogen) atoms. The third-order valence-corrected chi connectivity index (χ3v) is 6.78. The van der Waals surface area contributed by atoms with Crippen molar-refractivity contribution < 1.29 is 9.59 Å². The molecule has 1 unspecified atom stereocenters. The summed E-state index contributed by atoms with van der Waals surface area (Å²) in [6.45, 7) is 6.37. The van der Waals surface area contributed by atoms with Gasteiger partial charge in [-0.15, -0.1) is 11.8 Å². The van der Waals surface area contributed by atoms with Crippen molar-refractivity contribution in [1.82, 2.24) is 15.2 Å². The fraction of sp³-hybridized carbons (Fsp3) is 0.455. The normalized spacial score (nSPS) is 20.4. The van der Waals surface area contributed by atoms with E-state index in [9.17, 15) is 9.59 Å². The minimum absolute atomic E-state index is 0.124. The summed E-state index contributed by atoms with van der Waals surface area (Å²) in [5.41, 5.74) is 2.61. The molecule has 2 amide bonds. The lowest BCUT2D eigenvalue weighted by molar-refractivity contribution is -0.129. The Morgan fingerprint density at radius 3 is 2.93 bits per heavy atom. The quantitative estimate of drug-likeness (QED) is 0.813. The second-order valence-corrected chi connectivity index (χ2v) is 9.59. The third-order valence-electron chi connectivity index (χ3n) is 5.76. The molecular formula is C22H25N5O2S. The fourth-order valence-corrected chi connectivity index (χ4v) is 5.11. The van der Waals surface area contributed by atoms with E-state index in [2.05, 4.69) is 41.2 Å². The van der Waals surface area contributed by atoms with Gasteiger partial charge in [-0.05, 0) is 36.1 Å². The van der Waals surface area contributed by atoms with Crippen LogP contribution in [0.2, 0.25) is 0 Å². The molecule has 2 aliphatic rings. The number of carbonyl (C=O) groups excluding carboxylic acids is 2. The van der Waals surface area contributed by atoms with Gasteiger partial charge >= 0.3 is 0 Å². The van der Waals surface area contributed by atoms with Gasteiger partial charge in [0.25, 0.3) is 5.91 Å². The van der Waals surface area contributed by atoms with Crippen LogP contribution < -0.4 is 10.2 Å². The molecule has 0 bridgehead atoms. The number of nitriles is 1. The second kappa shape index (κ2) is 8.15. The van der Waals surface area contributed by atoms with E-state index in [1.165, 1.54) is 4.90 Å². The zero-order valence-corrected chi connectivity index (χ0v) is 18.0. The van der Waals surface area contributed by atoms with Crippen molar-refractivity contribution >= 4 is 40.2 Å². The van der Waals surface area contributed by atoms with Gasteiger partial charge in [0, 0.05) is 36.1 Å². The number of nitrogens with zero attached hydrogens (tertiary/aromatic N) is 4. The maximum Gasteiger partial charge on any atom is 0.252 e. The molecule has 156 valence electrons. The Bertz CT molecular complexity index is 1030. The molecule has 0 spiro atoms. The molecule has 0 saturated carbocycles. The number of thioether (sulfide) groups is 1. The molecule has 0 radical (unpaired) electrons. The number of benzene rings is 1. The minimum Gasteiger partial charge on any atom is -0.371 e. The Morgan fingerprint density at radius 1 is 1.37 bits per heavy atom. The number of hydrogen-bond donors (Lipinski definition) is 1. The topological polar surface area (TPSA) is 89.3 Å². The summed E-state index contributed by atoms with van der Waals surface area (Å²) in [6, 6.07) is 9.41. The van der Waals surface area contributed by atoms with Crippen molar-refractivity contribution in [3.8, 4) is 6.07 Å². The van der Waals surface area contributed by atoms with Gasteiger partial charge in [-0.2, -0.15) is 5.26 Å². The molecule has 2 aromatic rings. The maximum absolute atomic E-state index is 12.9. The number of rotatable bonds is 4. The smallest absolute Gasteiger partial charge is 0.252 e. The van der Waals surface area contributed by atoms with Crippen LogP contribution in [0.1, 0.15) is 30.6 Å². The van der Waals surface area contributed by atoms with E-state index < -0.39 is 6.04 Å². The van der Waals surface area contributed by atoms with E-state index >= 15 is 0 Å². The monoisotopic (exact) mass is 423 g/mol. The summed E-state index contributed by atoms with van der Waals surface area (Å²) in [4.78, 5) is 33.5. The van der Waals surface area contributed by atoms with Crippen molar-refractivity contribution in [2.75, 3.05) is 36.2 Å². The Labute approximate surface area is 180 Å². The van der Waals surface area contributed by atoms with Crippen LogP contribution in [0.15, 0.2) is 30.5 Å². The molecule has 0 aliphatic carbocycles. The van der Waals surface area contributed by atoms with Gasteiger partial charge in [-0.25, -0.2) is 0 Å². The van der Waals surface area contributed by atoms with Gasteiger partial charge in [0.05, 0.1) is 29.6 Å².